The smallest absolute Gasteiger partial charge is 0.258 e. The van der Waals surface area contributed by atoms with Crippen LogP contribution in [0.15, 0.2) is 42.5 Å². The van der Waals surface area contributed by atoms with Gasteiger partial charge >= 0.3 is 0 Å². The van der Waals surface area contributed by atoms with Crippen LogP contribution in [-0.2, 0) is 22.3 Å². The first-order valence-corrected chi connectivity index (χ1v) is 8.69. The van der Waals surface area contributed by atoms with Gasteiger partial charge in [0.1, 0.15) is 0 Å². The highest BCUT2D eigenvalue weighted by atomic mass is 32.2. The van der Waals surface area contributed by atoms with E-state index in [1.807, 2.05) is 32.0 Å². The predicted octanol–water partition coefficient (Wildman–Crippen LogP) is 2.83. The number of aryl methyl sites for hydroxylation is 2. The fraction of sp³-hybridized carbons (Fsp3) is 0.250. The normalized spacial score (nSPS) is 11.4. The minimum absolute atomic E-state index is 0.158. The lowest BCUT2D eigenvalue weighted by molar-refractivity contribution is -0.385. The third-order valence-corrected chi connectivity index (χ3v) is 4.59. The zero-order valence-corrected chi connectivity index (χ0v) is 13.8. The molecule has 0 saturated heterocycles. The number of rotatable bonds is 6. The molecule has 0 radical (unpaired) electrons. The first kappa shape index (κ1) is 17.1. The Hall–Kier alpha value is -2.25. The summed E-state index contributed by atoms with van der Waals surface area (Å²) < 4.78 is 26.9. The fourth-order valence-electron chi connectivity index (χ4n) is 2.43. The first-order chi connectivity index (χ1) is 10.8. The van der Waals surface area contributed by atoms with Crippen molar-refractivity contribution in [1.29, 1.82) is 0 Å². The second-order valence-corrected chi connectivity index (χ2v) is 7.27. The molecular weight excluding hydrogens is 316 g/mol. The standard InChI is InChI=1S/C16H18N2O4S/c1-12-7-13(2)9-14(8-12)10-17-23(21,22)11-15-5-3-4-6-16(15)18(19)20/h3-9,17H,10-11H2,1-2H3. The maximum atomic E-state index is 12.2. The van der Waals surface area contributed by atoms with Crippen molar-refractivity contribution in [2.45, 2.75) is 26.1 Å². The van der Waals surface area contributed by atoms with E-state index in [0.29, 0.717) is 0 Å². The summed E-state index contributed by atoms with van der Waals surface area (Å²) in [6.07, 6.45) is 0. The lowest BCUT2D eigenvalue weighted by Crippen LogP contribution is -2.25. The third kappa shape index (κ3) is 4.87. The largest absolute Gasteiger partial charge is 0.273 e. The second kappa shape index (κ2) is 6.89. The van der Waals surface area contributed by atoms with Gasteiger partial charge in [-0.05, 0) is 19.4 Å². The Morgan fingerprint density at radius 2 is 1.70 bits per heavy atom. The molecule has 0 aliphatic carbocycles. The third-order valence-electron chi connectivity index (χ3n) is 3.31. The van der Waals surface area contributed by atoms with Crippen LogP contribution in [0, 0.1) is 24.0 Å². The molecule has 122 valence electrons. The van der Waals surface area contributed by atoms with Crippen molar-refractivity contribution < 1.29 is 13.3 Å². The second-order valence-electron chi connectivity index (χ2n) is 5.46. The van der Waals surface area contributed by atoms with Gasteiger partial charge in [0.15, 0.2) is 0 Å². The van der Waals surface area contributed by atoms with Gasteiger partial charge in [-0.3, -0.25) is 10.1 Å². The SMILES string of the molecule is Cc1cc(C)cc(CNS(=O)(=O)Cc2ccccc2[N+](=O)[O-])c1. The number of nitro benzene ring substituents is 1. The van der Waals surface area contributed by atoms with Crippen LogP contribution in [0.25, 0.3) is 0 Å². The van der Waals surface area contributed by atoms with E-state index in [-0.39, 0.29) is 17.8 Å². The Morgan fingerprint density at radius 3 is 2.30 bits per heavy atom. The fourth-order valence-corrected chi connectivity index (χ4v) is 3.57. The molecule has 1 N–H and O–H groups in total. The number of nitrogens with zero attached hydrogens (tertiary/aromatic N) is 1. The number of benzene rings is 2. The molecule has 0 bridgehead atoms. The van der Waals surface area contributed by atoms with Gasteiger partial charge in [0.25, 0.3) is 5.69 Å². The molecule has 0 amide bonds. The van der Waals surface area contributed by atoms with E-state index in [4.69, 9.17) is 0 Å². The lowest BCUT2D eigenvalue weighted by Gasteiger charge is -2.09. The van der Waals surface area contributed by atoms with Crippen molar-refractivity contribution in [3.05, 3.63) is 74.8 Å². The van der Waals surface area contributed by atoms with E-state index in [1.165, 1.54) is 18.2 Å². The number of hydrogen-bond donors (Lipinski definition) is 1. The quantitative estimate of drug-likeness (QED) is 0.650. The summed E-state index contributed by atoms with van der Waals surface area (Å²) in [5.41, 5.74) is 2.94. The Kier molecular flexibility index (Phi) is 5.12. The highest BCUT2D eigenvalue weighted by Gasteiger charge is 2.19. The molecule has 0 unspecified atom stereocenters. The van der Waals surface area contributed by atoms with Crippen LogP contribution < -0.4 is 4.72 Å². The molecule has 0 atom stereocenters. The molecule has 0 fully saturated rings. The summed E-state index contributed by atoms with van der Waals surface area (Å²) in [7, 11) is -3.67. The molecule has 0 aliphatic heterocycles. The summed E-state index contributed by atoms with van der Waals surface area (Å²) in [4.78, 5) is 10.4. The summed E-state index contributed by atoms with van der Waals surface area (Å²) in [6, 6.07) is 11.7. The maximum absolute atomic E-state index is 12.2. The minimum Gasteiger partial charge on any atom is -0.258 e. The van der Waals surface area contributed by atoms with E-state index in [2.05, 4.69) is 4.72 Å². The van der Waals surface area contributed by atoms with Crippen molar-refractivity contribution in [2.24, 2.45) is 0 Å². The molecule has 2 aromatic carbocycles. The Balaban J connectivity index is 2.12. The van der Waals surface area contributed by atoms with Gasteiger partial charge in [-0.25, -0.2) is 13.1 Å². The number of nitrogens with one attached hydrogen (secondary N) is 1. The average Bonchev–Trinajstić information content (AvgIpc) is 2.44. The summed E-state index contributed by atoms with van der Waals surface area (Å²) >= 11 is 0. The van der Waals surface area contributed by atoms with E-state index < -0.39 is 20.7 Å². The van der Waals surface area contributed by atoms with E-state index in [1.54, 1.807) is 6.07 Å². The van der Waals surface area contributed by atoms with E-state index in [0.717, 1.165) is 16.7 Å². The number of nitro groups is 1. The van der Waals surface area contributed by atoms with Crippen LogP contribution in [0.5, 0.6) is 0 Å². The highest BCUT2D eigenvalue weighted by Crippen LogP contribution is 2.20. The Labute approximate surface area is 135 Å². The number of sulfonamides is 1. The van der Waals surface area contributed by atoms with Gasteiger partial charge < -0.3 is 0 Å². The van der Waals surface area contributed by atoms with Gasteiger partial charge in [0.2, 0.25) is 10.0 Å². The summed E-state index contributed by atoms with van der Waals surface area (Å²) in [5, 5.41) is 11.0. The van der Waals surface area contributed by atoms with Gasteiger partial charge in [0.05, 0.1) is 10.7 Å². The monoisotopic (exact) mass is 334 g/mol. The van der Waals surface area contributed by atoms with Gasteiger partial charge in [-0.2, -0.15) is 0 Å². The maximum Gasteiger partial charge on any atom is 0.273 e. The van der Waals surface area contributed by atoms with Crippen LogP contribution in [0.3, 0.4) is 0 Å². The van der Waals surface area contributed by atoms with Crippen LogP contribution in [0.2, 0.25) is 0 Å². The molecule has 2 rings (SSSR count). The van der Waals surface area contributed by atoms with E-state index in [9.17, 15) is 18.5 Å². The summed E-state index contributed by atoms with van der Waals surface area (Å²) in [5.74, 6) is -0.422. The van der Waals surface area contributed by atoms with Crippen LogP contribution >= 0.6 is 0 Å². The van der Waals surface area contributed by atoms with Gasteiger partial charge in [-0.1, -0.05) is 47.5 Å². The van der Waals surface area contributed by atoms with Crippen LogP contribution in [0.4, 0.5) is 5.69 Å². The van der Waals surface area contributed by atoms with Crippen molar-refractivity contribution in [1.82, 2.24) is 4.72 Å². The molecule has 0 spiro atoms. The molecule has 0 aliphatic rings. The topological polar surface area (TPSA) is 89.3 Å². The molecule has 7 heteroatoms. The molecule has 23 heavy (non-hydrogen) atoms. The zero-order chi connectivity index (χ0) is 17.0. The molecule has 2 aromatic rings. The number of para-hydroxylation sites is 1. The highest BCUT2D eigenvalue weighted by molar-refractivity contribution is 7.88. The predicted molar refractivity (Wildman–Crippen MR) is 88.5 cm³/mol. The lowest BCUT2D eigenvalue weighted by atomic mass is 10.1. The molecule has 6 nitrogen and oxygen atoms in total. The van der Waals surface area contributed by atoms with Crippen molar-refractivity contribution in [2.75, 3.05) is 0 Å². The summed E-state index contributed by atoms with van der Waals surface area (Å²) in [6.45, 7) is 4.04. The zero-order valence-electron chi connectivity index (χ0n) is 12.9. The molecular formula is C16H18N2O4S. The Morgan fingerprint density at radius 1 is 1.09 bits per heavy atom. The molecule has 0 aromatic heterocycles. The van der Waals surface area contributed by atoms with Crippen molar-refractivity contribution in [3.8, 4) is 0 Å². The van der Waals surface area contributed by atoms with Gasteiger partial charge in [0, 0.05) is 18.2 Å². The van der Waals surface area contributed by atoms with Crippen molar-refractivity contribution >= 4 is 15.7 Å². The number of hydrogen-bond acceptors (Lipinski definition) is 4. The molecule has 0 heterocycles. The average molecular weight is 334 g/mol. The van der Waals surface area contributed by atoms with Crippen LogP contribution in [0.1, 0.15) is 22.3 Å². The van der Waals surface area contributed by atoms with Crippen LogP contribution in [-0.4, -0.2) is 13.3 Å². The first-order valence-electron chi connectivity index (χ1n) is 7.03. The molecule has 0 saturated carbocycles. The van der Waals surface area contributed by atoms with Crippen molar-refractivity contribution in [3.63, 3.8) is 0 Å². The van der Waals surface area contributed by atoms with Gasteiger partial charge in [-0.15, -0.1) is 0 Å². The minimum atomic E-state index is -3.67. The Bertz CT molecular complexity index is 811. The van der Waals surface area contributed by atoms with E-state index >= 15 is 0 Å².